The zero-order chi connectivity index (χ0) is 15.2. The minimum atomic E-state index is -0.378. The van der Waals surface area contributed by atoms with Crippen LogP contribution in [0, 0.1) is 0 Å². The van der Waals surface area contributed by atoms with Gasteiger partial charge in [-0.2, -0.15) is 0 Å². The SMILES string of the molecule is CCCC(c1cccc(OC)c1)n1cncc1C(=O)OC. The number of aromatic nitrogens is 2. The Labute approximate surface area is 124 Å². The fourth-order valence-corrected chi connectivity index (χ4v) is 2.40. The molecule has 0 spiro atoms. The Bertz CT molecular complexity index is 607. The molecule has 21 heavy (non-hydrogen) atoms. The number of benzene rings is 1. The van der Waals surface area contributed by atoms with E-state index in [1.807, 2.05) is 28.8 Å². The maximum Gasteiger partial charge on any atom is 0.356 e. The first-order chi connectivity index (χ1) is 10.2. The lowest BCUT2D eigenvalue weighted by molar-refractivity contribution is 0.0586. The lowest BCUT2D eigenvalue weighted by Gasteiger charge is -2.20. The van der Waals surface area contributed by atoms with Gasteiger partial charge in [-0.15, -0.1) is 0 Å². The van der Waals surface area contributed by atoms with Gasteiger partial charge >= 0.3 is 5.97 Å². The maximum absolute atomic E-state index is 11.9. The Kier molecular flexibility index (Phi) is 4.98. The minimum Gasteiger partial charge on any atom is -0.497 e. The Morgan fingerprint density at radius 3 is 2.86 bits per heavy atom. The van der Waals surface area contributed by atoms with E-state index in [4.69, 9.17) is 9.47 Å². The molecule has 0 saturated carbocycles. The highest BCUT2D eigenvalue weighted by atomic mass is 16.5. The van der Waals surface area contributed by atoms with Gasteiger partial charge < -0.3 is 14.0 Å². The van der Waals surface area contributed by atoms with Crippen LogP contribution in [0.5, 0.6) is 5.75 Å². The lowest BCUT2D eigenvalue weighted by Crippen LogP contribution is -2.16. The van der Waals surface area contributed by atoms with Crippen LogP contribution in [0.4, 0.5) is 0 Å². The van der Waals surface area contributed by atoms with E-state index in [0.29, 0.717) is 5.69 Å². The molecule has 1 aromatic heterocycles. The van der Waals surface area contributed by atoms with Gasteiger partial charge in [0.25, 0.3) is 0 Å². The zero-order valence-corrected chi connectivity index (χ0v) is 12.6. The average molecular weight is 288 g/mol. The summed E-state index contributed by atoms with van der Waals surface area (Å²) < 4.78 is 12.0. The first kappa shape index (κ1) is 15.1. The van der Waals surface area contributed by atoms with Crippen LogP contribution in [-0.4, -0.2) is 29.7 Å². The molecule has 0 aliphatic rings. The van der Waals surface area contributed by atoms with Gasteiger partial charge in [-0.05, 0) is 24.1 Å². The molecule has 5 nitrogen and oxygen atoms in total. The van der Waals surface area contributed by atoms with Gasteiger partial charge in [-0.25, -0.2) is 9.78 Å². The Morgan fingerprint density at radius 2 is 2.19 bits per heavy atom. The summed E-state index contributed by atoms with van der Waals surface area (Å²) >= 11 is 0. The molecule has 0 aliphatic heterocycles. The first-order valence-corrected chi connectivity index (χ1v) is 6.95. The molecule has 0 saturated heterocycles. The monoisotopic (exact) mass is 288 g/mol. The molecule has 5 heteroatoms. The Morgan fingerprint density at radius 1 is 1.38 bits per heavy atom. The van der Waals surface area contributed by atoms with Crippen molar-refractivity contribution in [2.45, 2.75) is 25.8 Å². The predicted molar refractivity (Wildman–Crippen MR) is 79.6 cm³/mol. The van der Waals surface area contributed by atoms with Gasteiger partial charge in [0.2, 0.25) is 0 Å². The minimum absolute atomic E-state index is 0.0294. The van der Waals surface area contributed by atoms with E-state index in [9.17, 15) is 4.79 Å². The molecule has 1 heterocycles. The van der Waals surface area contributed by atoms with E-state index in [1.165, 1.54) is 13.3 Å². The molecule has 1 atom stereocenters. The standard InChI is InChI=1S/C16H20N2O3/c1-4-6-14(12-7-5-8-13(9-12)20-2)18-11-17-10-15(18)16(19)21-3/h5,7-11,14H,4,6H2,1-3H3. The number of carbonyl (C=O) groups is 1. The van der Waals surface area contributed by atoms with E-state index >= 15 is 0 Å². The van der Waals surface area contributed by atoms with E-state index in [2.05, 4.69) is 11.9 Å². The zero-order valence-electron chi connectivity index (χ0n) is 12.6. The summed E-state index contributed by atoms with van der Waals surface area (Å²) in [5.74, 6) is 0.421. The quantitative estimate of drug-likeness (QED) is 0.767. The van der Waals surface area contributed by atoms with Crippen LogP contribution < -0.4 is 4.74 Å². The van der Waals surface area contributed by atoms with Crippen molar-refractivity contribution in [3.8, 4) is 5.75 Å². The summed E-state index contributed by atoms with van der Waals surface area (Å²) in [4.78, 5) is 15.9. The molecule has 0 bridgehead atoms. The second-order valence-corrected chi connectivity index (χ2v) is 4.76. The largest absolute Gasteiger partial charge is 0.497 e. The van der Waals surface area contributed by atoms with Crippen molar-refractivity contribution in [2.75, 3.05) is 14.2 Å². The molecular formula is C16H20N2O3. The van der Waals surface area contributed by atoms with Crippen molar-refractivity contribution < 1.29 is 14.3 Å². The van der Waals surface area contributed by atoms with Gasteiger partial charge in [0.05, 0.1) is 32.8 Å². The van der Waals surface area contributed by atoms with E-state index in [1.54, 1.807) is 13.4 Å². The van der Waals surface area contributed by atoms with Gasteiger partial charge in [-0.1, -0.05) is 25.5 Å². The van der Waals surface area contributed by atoms with Crippen molar-refractivity contribution in [2.24, 2.45) is 0 Å². The number of nitrogens with zero attached hydrogens (tertiary/aromatic N) is 2. The third-order valence-corrected chi connectivity index (χ3v) is 3.44. The Hall–Kier alpha value is -2.30. The van der Waals surface area contributed by atoms with Gasteiger partial charge in [0, 0.05) is 0 Å². The molecule has 1 aromatic carbocycles. The number of carbonyl (C=O) groups excluding carboxylic acids is 1. The van der Waals surface area contributed by atoms with Crippen LogP contribution in [0.3, 0.4) is 0 Å². The number of rotatable bonds is 6. The predicted octanol–water partition coefficient (Wildman–Crippen LogP) is 3.07. The summed E-state index contributed by atoms with van der Waals surface area (Å²) in [6.45, 7) is 2.11. The average Bonchev–Trinajstić information content (AvgIpc) is 3.01. The van der Waals surface area contributed by atoms with E-state index in [-0.39, 0.29) is 12.0 Å². The van der Waals surface area contributed by atoms with Crippen molar-refractivity contribution in [1.29, 1.82) is 0 Å². The normalized spacial score (nSPS) is 12.0. The molecule has 0 aliphatic carbocycles. The van der Waals surface area contributed by atoms with Crippen LogP contribution >= 0.6 is 0 Å². The first-order valence-electron chi connectivity index (χ1n) is 6.95. The molecule has 112 valence electrons. The summed E-state index contributed by atoms with van der Waals surface area (Å²) in [5.41, 5.74) is 1.54. The fourth-order valence-electron chi connectivity index (χ4n) is 2.40. The van der Waals surface area contributed by atoms with Gasteiger partial charge in [0.15, 0.2) is 0 Å². The van der Waals surface area contributed by atoms with Crippen LogP contribution in [-0.2, 0) is 4.74 Å². The van der Waals surface area contributed by atoms with Gasteiger partial charge in [0.1, 0.15) is 11.4 Å². The van der Waals surface area contributed by atoms with E-state index in [0.717, 1.165) is 24.2 Å². The number of ether oxygens (including phenoxy) is 2. The van der Waals surface area contributed by atoms with Crippen LogP contribution in [0.1, 0.15) is 41.9 Å². The number of imidazole rings is 1. The summed E-state index contributed by atoms with van der Waals surface area (Å²) in [6.07, 6.45) is 5.09. The number of methoxy groups -OCH3 is 2. The number of esters is 1. The van der Waals surface area contributed by atoms with Crippen molar-refractivity contribution >= 4 is 5.97 Å². The maximum atomic E-state index is 11.9. The highest BCUT2D eigenvalue weighted by Gasteiger charge is 2.20. The van der Waals surface area contributed by atoms with Gasteiger partial charge in [-0.3, -0.25) is 0 Å². The fraction of sp³-hybridized carbons (Fsp3) is 0.375. The van der Waals surface area contributed by atoms with Crippen LogP contribution in [0.25, 0.3) is 0 Å². The van der Waals surface area contributed by atoms with Crippen molar-refractivity contribution in [3.63, 3.8) is 0 Å². The molecule has 1 unspecified atom stereocenters. The van der Waals surface area contributed by atoms with E-state index < -0.39 is 0 Å². The van der Waals surface area contributed by atoms with Crippen molar-refractivity contribution in [3.05, 3.63) is 48.0 Å². The number of hydrogen-bond acceptors (Lipinski definition) is 4. The third-order valence-electron chi connectivity index (χ3n) is 3.44. The molecular weight excluding hydrogens is 268 g/mol. The van der Waals surface area contributed by atoms with Crippen LogP contribution in [0.2, 0.25) is 0 Å². The molecule has 2 rings (SSSR count). The highest BCUT2D eigenvalue weighted by molar-refractivity contribution is 5.87. The lowest BCUT2D eigenvalue weighted by atomic mass is 10.0. The van der Waals surface area contributed by atoms with Crippen LogP contribution in [0.15, 0.2) is 36.8 Å². The molecule has 0 N–H and O–H groups in total. The summed E-state index contributed by atoms with van der Waals surface area (Å²) in [5, 5.41) is 0. The topological polar surface area (TPSA) is 53.4 Å². The summed E-state index contributed by atoms with van der Waals surface area (Å²) in [6, 6.07) is 7.90. The highest BCUT2D eigenvalue weighted by Crippen LogP contribution is 2.27. The Balaban J connectivity index is 2.43. The summed E-state index contributed by atoms with van der Waals surface area (Å²) in [7, 11) is 3.02. The second-order valence-electron chi connectivity index (χ2n) is 4.76. The third kappa shape index (κ3) is 3.24. The number of hydrogen-bond donors (Lipinski definition) is 0. The molecule has 0 fully saturated rings. The second kappa shape index (κ2) is 6.92. The molecule has 0 amide bonds. The molecule has 0 radical (unpaired) electrons. The molecule has 2 aromatic rings. The smallest absolute Gasteiger partial charge is 0.356 e. The van der Waals surface area contributed by atoms with Crippen molar-refractivity contribution in [1.82, 2.24) is 9.55 Å².